The lowest BCUT2D eigenvalue weighted by Gasteiger charge is -2.31. The summed E-state index contributed by atoms with van der Waals surface area (Å²) < 4.78 is 0. The molecule has 0 saturated carbocycles. The summed E-state index contributed by atoms with van der Waals surface area (Å²) in [5.74, 6) is -1.01. The molecule has 0 unspecified atom stereocenters. The highest BCUT2D eigenvalue weighted by molar-refractivity contribution is 5.85. The van der Waals surface area contributed by atoms with Crippen LogP contribution in [0.25, 0.3) is 0 Å². The number of hydrogen-bond acceptors (Lipinski definition) is 3. The van der Waals surface area contributed by atoms with Crippen LogP contribution in [-0.2, 0) is 14.4 Å². The summed E-state index contributed by atoms with van der Waals surface area (Å²) in [6.07, 6.45) is 2.12. The molecule has 2 amide bonds. The lowest BCUT2D eigenvalue weighted by molar-refractivity contribution is -0.139. The van der Waals surface area contributed by atoms with Crippen molar-refractivity contribution in [2.45, 2.75) is 65.3 Å². The maximum absolute atomic E-state index is 11.9. The normalized spacial score (nSPS) is 11.3. The Labute approximate surface area is 126 Å². The van der Waals surface area contributed by atoms with Crippen molar-refractivity contribution in [1.82, 2.24) is 10.6 Å². The second-order valence-electron chi connectivity index (χ2n) is 5.82. The van der Waals surface area contributed by atoms with E-state index in [1.807, 2.05) is 27.7 Å². The van der Waals surface area contributed by atoms with Crippen LogP contribution >= 0.6 is 0 Å². The average molecular weight is 300 g/mol. The van der Waals surface area contributed by atoms with Gasteiger partial charge in [-0.15, -0.1) is 0 Å². The van der Waals surface area contributed by atoms with Gasteiger partial charge in [0.05, 0.1) is 18.5 Å². The number of hydrogen-bond donors (Lipinski definition) is 3. The first-order valence-electron chi connectivity index (χ1n) is 7.54. The number of carbonyl (C=O) groups excluding carboxylic acids is 2. The number of carbonyl (C=O) groups is 3. The lowest BCUT2D eigenvalue weighted by Crippen LogP contribution is -2.52. The molecular weight excluding hydrogens is 272 g/mol. The molecule has 0 spiro atoms. The van der Waals surface area contributed by atoms with Crippen LogP contribution in [0.2, 0.25) is 0 Å². The largest absolute Gasteiger partial charge is 0.481 e. The third-order valence-electron chi connectivity index (χ3n) is 3.64. The van der Waals surface area contributed by atoms with Crippen LogP contribution in [0.4, 0.5) is 0 Å². The summed E-state index contributed by atoms with van der Waals surface area (Å²) >= 11 is 0. The van der Waals surface area contributed by atoms with E-state index in [-0.39, 0.29) is 24.8 Å². The van der Waals surface area contributed by atoms with Gasteiger partial charge in [-0.05, 0) is 25.2 Å². The molecule has 0 bridgehead atoms. The molecule has 0 aliphatic carbocycles. The fraction of sp³-hybridized carbons (Fsp3) is 0.800. The van der Waals surface area contributed by atoms with Crippen molar-refractivity contribution in [1.29, 1.82) is 0 Å². The van der Waals surface area contributed by atoms with Crippen molar-refractivity contribution >= 4 is 17.8 Å². The molecule has 122 valence electrons. The van der Waals surface area contributed by atoms with Gasteiger partial charge in [0.15, 0.2) is 0 Å². The molecule has 0 aliphatic rings. The fourth-order valence-electron chi connectivity index (χ4n) is 2.04. The predicted molar refractivity (Wildman–Crippen MR) is 80.8 cm³/mol. The molecule has 0 aromatic carbocycles. The highest BCUT2D eigenvalue weighted by atomic mass is 16.4. The molecule has 0 heterocycles. The smallest absolute Gasteiger partial charge is 0.305 e. The summed E-state index contributed by atoms with van der Waals surface area (Å²) in [6.45, 7) is 7.63. The molecule has 6 heteroatoms. The molecular formula is C15H28N2O4. The van der Waals surface area contributed by atoms with Gasteiger partial charge in [-0.2, -0.15) is 0 Å². The Bertz CT molecular complexity index is 363. The zero-order valence-corrected chi connectivity index (χ0v) is 13.5. The second kappa shape index (κ2) is 9.37. The van der Waals surface area contributed by atoms with Crippen molar-refractivity contribution in [3.05, 3.63) is 0 Å². The molecule has 0 radical (unpaired) electrons. The Hall–Kier alpha value is -1.59. The summed E-state index contributed by atoms with van der Waals surface area (Å²) in [5.41, 5.74) is -0.744. The zero-order chi connectivity index (χ0) is 16.5. The van der Waals surface area contributed by atoms with Gasteiger partial charge in [-0.25, -0.2) is 0 Å². The predicted octanol–water partition coefficient (Wildman–Crippen LogP) is 1.69. The number of amides is 2. The molecule has 0 aliphatic heterocycles. The second-order valence-corrected chi connectivity index (χ2v) is 5.82. The number of carboxylic acids is 1. The highest BCUT2D eigenvalue weighted by Gasteiger charge is 2.30. The topological polar surface area (TPSA) is 95.5 Å². The van der Waals surface area contributed by atoms with E-state index < -0.39 is 11.5 Å². The Morgan fingerprint density at radius 1 is 1.10 bits per heavy atom. The van der Waals surface area contributed by atoms with Gasteiger partial charge in [0.1, 0.15) is 0 Å². The van der Waals surface area contributed by atoms with E-state index in [2.05, 4.69) is 10.6 Å². The average Bonchev–Trinajstić information content (AvgIpc) is 2.41. The minimum Gasteiger partial charge on any atom is -0.481 e. The lowest BCUT2D eigenvalue weighted by atomic mass is 9.89. The minimum absolute atomic E-state index is 0.113. The van der Waals surface area contributed by atoms with Crippen LogP contribution in [0.1, 0.15) is 59.8 Å². The van der Waals surface area contributed by atoms with Crippen molar-refractivity contribution in [2.24, 2.45) is 5.92 Å². The third-order valence-corrected chi connectivity index (χ3v) is 3.64. The Balaban J connectivity index is 4.32. The quantitative estimate of drug-likeness (QED) is 0.572. The SMILES string of the molecule is CCC(CC)(CC(=O)O)NC(=O)CNC(=O)CCC(C)C. The van der Waals surface area contributed by atoms with Gasteiger partial charge in [0.25, 0.3) is 0 Å². The van der Waals surface area contributed by atoms with E-state index >= 15 is 0 Å². The van der Waals surface area contributed by atoms with E-state index in [0.717, 1.165) is 6.42 Å². The summed E-state index contributed by atoms with van der Waals surface area (Å²) in [6, 6.07) is 0. The molecule has 21 heavy (non-hydrogen) atoms. The van der Waals surface area contributed by atoms with E-state index in [4.69, 9.17) is 5.11 Å². The number of carboxylic acid groups (broad SMARTS) is 1. The van der Waals surface area contributed by atoms with Crippen LogP contribution in [-0.4, -0.2) is 35.0 Å². The summed E-state index contributed by atoms with van der Waals surface area (Å²) in [7, 11) is 0. The minimum atomic E-state index is -0.944. The molecule has 0 atom stereocenters. The molecule has 0 fully saturated rings. The Morgan fingerprint density at radius 2 is 1.67 bits per heavy atom. The van der Waals surface area contributed by atoms with Crippen molar-refractivity contribution < 1.29 is 19.5 Å². The molecule has 6 nitrogen and oxygen atoms in total. The fourth-order valence-corrected chi connectivity index (χ4v) is 2.04. The summed E-state index contributed by atoms with van der Waals surface area (Å²) in [5, 5.41) is 14.3. The van der Waals surface area contributed by atoms with E-state index in [1.54, 1.807) is 0 Å². The van der Waals surface area contributed by atoms with Crippen molar-refractivity contribution in [2.75, 3.05) is 6.54 Å². The highest BCUT2D eigenvalue weighted by Crippen LogP contribution is 2.19. The summed E-state index contributed by atoms with van der Waals surface area (Å²) in [4.78, 5) is 34.3. The van der Waals surface area contributed by atoms with E-state index in [9.17, 15) is 14.4 Å². The van der Waals surface area contributed by atoms with E-state index in [0.29, 0.717) is 25.2 Å². The maximum Gasteiger partial charge on any atom is 0.305 e. The van der Waals surface area contributed by atoms with Crippen LogP contribution in [0.3, 0.4) is 0 Å². The first-order chi connectivity index (χ1) is 9.74. The van der Waals surface area contributed by atoms with Gasteiger partial charge in [0.2, 0.25) is 11.8 Å². The van der Waals surface area contributed by atoms with Gasteiger partial charge in [-0.3, -0.25) is 14.4 Å². The molecule has 0 rings (SSSR count). The Kier molecular flexibility index (Phi) is 8.66. The first kappa shape index (κ1) is 19.4. The first-order valence-corrected chi connectivity index (χ1v) is 7.54. The maximum atomic E-state index is 11.9. The van der Waals surface area contributed by atoms with Crippen LogP contribution in [0.5, 0.6) is 0 Å². The van der Waals surface area contributed by atoms with Gasteiger partial charge in [-0.1, -0.05) is 27.7 Å². The van der Waals surface area contributed by atoms with Crippen LogP contribution in [0.15, 0.2) is 0 Å². The van der Waals surface area contributed by atoms with Crippen molar-refractivity contribution in [3.63, 3.8) is 0 Å². The number of nitrogens with one attached hydrogen (secondary N) is 2. The van der Waals surface area contributed by atoms with Gasteiger partial charge in [0, 0.05) is 6.42 Å². The van der Waals surface area contributed by atoms with Crippen LogP contribution in [0, 0.1) is 5.92 Å². The van der Waals surface area contributed by atoms with Gasteiger partial charge < -0.3 is 15.7 Å². The zero-order valence-electron chi connectivity index (χ0n) is 13.5. The third kappa shape index (κ3) is 8.32. The molecule has 3 N–H and O–H groups in total. The van der Waals surface area contributed by atoms with Crippen molar-refractivity contribution in [3.8, 4) is 0 Å². The molecule has 0 saturated heterocycles. The standard InChI is InChI=1S/C15H28N2O4/c1-5-15(6-2,9-14(20)21)17-13(19)10-16-12(18)8-7-11(3)4/h11H,5-10H2,1-4H3,(H,16,18)(H,17,19)(H,20,21). The number of aliphatic carboxylic acids is 1. The number of rotatable bonds is 10. The molecule has 0 aromatic rings. The molecule has 0 aromatic heterocycles. The van der Waals surface area contributed by atoms with Crippen LogP contribution < -0.4 is 10.6 Å². The van der Waals surface area contributed by atoms with E-state index in [1.165, 1.54) is 0 Å². The monoisotopic (exact) mass is 300 g/mol. The Morgan fingerprint density at radius 3 is 2.10 bits per heavy atom. The van der Waals surface area contributed by atoms with Gasteiger partial charge >= 0.3 is 5.97 Å².